The summed E-state index contributed by atoms with van der Waals surface area (Å²) in [4.78, 5) is 18.2. The molecule has 1 aromatic heterocycles. The van der Waals surface area contributed by atoms with Crippen LogP contribution in [0.4, 0.5) is 0 Å². The molecule has 1 aromatic carbocycles. The number of H-pyrrole nitrogens is 1. The van der Waals surface area contributed by atoms with Gasteiger partial charge in [-0.15, -0.1) is 0 Å². The number of methoxy groups -OCH3 is 3. The Bertz CT molecular complexity index is 570. The zero-order valence-corrected chi connectivity index (χ0v) is 11.3. The smallest absolute Gasteiger partial charge is 0.361 e. The van der Waals surface area contributed by atoms with Gasteiger partial charge in [0.1, 0.15) is 11.4 Å². The summed E-state index contributed by atoms with van der Waals surface area (Å²) in [6, 6.07) is 3.07. The summed E-state index contributed by atoms with van der Waals surface area (Å²) in [6.45, 7) is 0. The summed E-state index contributed by atoms with van der Waals surface area (Å²) in [5.74, 6) is 0.950. The minimum absolute atomic E-state index is 0.249. The number of imidazole rings is 1. The van der Waals surface area contributed by atoms with Gasteiger partial charge in [0.2, 0.25) is 5.75 Å². The van der Waals surface area contributed by atoms with Gasteiger partial charge in [-0.1, -0.05) is 0 Å². The standard InChI is InChI=1S/C13H14N2O5/c1-17-10-4-8(5-11(18-2)12(10)19-3)20-13(16)9-6-14-7-15-9/h4-7H,1-3H3,(H,14,15). The van der Waals surface area contributed by atoms with Crippen LogP contribution in [0.5, 0.6) is 23.0 Å². The molecule has 0 saturated carbocycles. The molecule has 0 saturated heterocycles. The normalized spacial score (nSPS) is 9.95. The maximum absolute atomic E-state index is 11.8. The molecule has 7 nitrogen and oxygen atoms in total. The van der Waals surface area contributed by atoms with Gasteiger partial charge in [-0.3, -0.25) is 0 Å². The molecule has 2 rings (SSSR count). The van der Waals surface area contributed by atoms with Crippen molar-refractivity contribution in [1.29, 1.82) is 0 Å². The Morgan fingerprint density at radius 2 is 1.75 bits per heavy atom. The van der Waals surface area contributed by atoms with E-state index in [0.29, 0.717) is 17.2 Å². The SMILES string of the molecule is COc1cc(OC(=O)c2cnc[nH]2)cc(OC)c1OC. The number of nitrogens with one attached hydrogen (secondary N) is 1. The minimum Gasteiger partial charge on any atom is -0.493 e. The number of benzene rings is 1. The summed E-state index contributed by atoms with van der Waals surface area (Å²) in [5, 5.41) is 0. The van der Waals surface area contributed by atoms with E-state index >= 15 is 0 Å². The summed E-state index contributed by atoms with van der Waals surface area (Å²) >= 11 is 0. The van der Waals surface area contributed by atoms with Gasteiger partial charge in [0.05, 0.1) is 33.9 Å². The number of aromatic nitrogens is 2. The number of esters is 1. The van der Waals surface area contributed by atoms with Gasteiger partial charge in [-0.2, -0.15) is 0 Å². The predicted octanol–water partition coefficient (Wildman–Crippen LogP) is 1.65. The highest BCUT2D eigenvalue weighted by Gasteiger charge is 2.17. The number of carbonyl (C=O) groups is 1. The van der Waals surface area contributed by atoms with Crippen molar-refractivity contribution in [2.24, 2.45) is 0 Å². The monoisotopic (exact) mass is 278 g/mol. The summed E-state index contributed by atoms with van der Waals surface area (Å²) in [6.07, 6.45) is 2.77. The molecule has 0 radical (unpaired) electrons. The van der Waals surface area contributed by atoms with Crippen molar-refractivity contribution in [3.8, 4) is 23.0 Å². The number of hydrogen-bond donors (Lipinski definition) is 1. The molecule has 0 aliphatic heterocycles. The average Bonchev–Trinajstić information content (AvgIpc) is 3.00. The summed E-state index contributed by atoms with van der Waals surface area (Å²) in [5.41, 5.74) is 0.249. The van der Waals surface area contributed by atoms with Gasteiger partial charge in [-0.25, -0.2) is 9.78 Å². The van der Waals surface area contributed by atoms with E-state index < -0.39 is 5.97 Å². The number of ether oxygens (including phenoxy) is 4. The second kappa shape index (κ2) is 5.96. The van der Waals surface area contributed by atoms with Crippen LogP contribution in [0.25, 0.3) is 0 Å². The number of nitrogens with zero attached hydrogens (tertiary/aromatic N) is 1. The maximum Gasteiger partial charge on any atom is 0.361 e. The van der Waals surface area contributed by atoms with E-state index in [1.54, 1.807) is 0 Å². The molecule has 2 aromatic rings. The summed E-state index contributed by atoms with van der Waals surface area (Å²) in [7, 11) is 4.46. The van der Waals surface area contributed by atoms with Gasteiger partial charge < -0.3 is 23.9 Å². The zero-order chi connectivity index (χ0) is 14.5. The lowest BCUT2D eigenvalue weighted by molar-refractivity contribution is 0.0728. The van der Waals surface area contributed by atoms with Gasteiger partial charge in [0, 0.05) is 12.1 Å². The number of rotatable bonds is 5. The van der Waals surface area contributed by atoms with E-state index in [1.807, 2.05) is 0 Å². The van der Waals surface area contributed by atoms with Crippen molar-refractivity contribution in [1.82, 2.24) is 9.97 Å². The molecule has 1 heterocycles. The van der Waals surface area contributed by atoms with Gasteiger partial charge in [-0.05, 0) is 0 Å². The Balaban J connectivity index is 2.30. The Labute approximate surface area is 115 Å². The topological polar surface area (TPSA) is 82.7 Å². The van der Waals surface area contributed by atoms with E-state index in [2.05, 4.69) is 9.97 Å². The van der Waals surface area contributed by atoms with Crippen LogP contribution in [0, 0.1) is 0 Å². The highest BCUT2D eigenvalue weighted by Crippen LogP contribution is 2.40. The molecular weight excluding hydrogens is 264 g/mol. The van der Waals surface area contributed by atoms with Gasteiger partial charge in [0.25, 0.3) is 0 Å². The third-order valence-electron chi connectivity index (χ3n) is 2.57. The van der Waals surface area contributed by atoms with Crippen LogP contribution in [0.1, 0.15) is 10.5 Å². The third-order valence-corrected chi connectivity index (χ3v) is 2.57. The molecule has 0 unspecified atom stereocenters. The molecular formula is C13H14N2O5. The fourth-order valence-corrected chi connectivity index (χ4v) is 1.65. The quantitative estimate of drug-likeness (QED) is 0.661. The van der Waals surface area contributed by atoms with Crippen LogP contribution in [0.3, 0.4) is 0 Å². The highest BCUT2D eigenvalue weighted by molar-refractivity contribution is 5.88. The van der Waals surface area contributed by atoms with Crippen molar-refractivity contribution >= 4 is 5.97 Å². The Morgan fingerprint density at radius 3 is 2.20 bits per heavy atom. The molecule has 0 atom stereocenters. The fourth-order valence-electron chi connectivity index (χ4n) is 1.65. The van der Waals surface area contributed by atoms with E-state index in [9.17, 15) is 4.79 Å². The van der Waals surface area contributed by atoms with Crippen LogP contribution in [-0.4, -0.2) is 37.3 Å². The number of aromatic amines is 1. The number of carbonyl (C=O) groups excluding carboxylic acids is 1. The van der Waals surface area contributed by atoms with Crippen LogP contribution in [0.15, 0.2) is 24.7 Å². The first-order valence-corrected chi connectivity index (χ1v) is 5.70. The molecule has 0 aliphatic carbocycles. The van der Waals surface area contributed by atoms with Crippen LogP contribution >= 0.6 is 0 Å². The molecule has 0 fully saturated rings. The minimum atomic E-state index is -0.559. The lowest BCUT2D eigenvalue weighted by atomic mass is 10.2. The predicted molar refractivity (Wildman–Crippen MR) is 69.6 cm³/mol. The van der Waals surface area contributed by atoms with Crippen molar-refractivity contribution in [3.63, 3.8) is 0 Å². The van der Waals surface area contributed by atoms with E-state index in [0.717, 1.165) is 0 Å². The van der Waals surface area contributed by atoms with Crippen LogP contribution in [0.2, 0.25) is 0 Å². The highest BCUT2D eigenvalue weighted by atomic mass is 16.5. The lowest BCUT2D eigenvalue weighted by Gasteiger charge is -2.13. The molecule has 0 bridgehead atoms. The van der Waals surface area contributed by atoms with Crippen molar-refractivity contribution in [3.05, 3.63) is 30.4 Å². The second-order valence-electron chi connectivity index (χ2n) is 3.72. The van der Waals surface area contributed by atoms with Crippen LogP contribution in [-0.2, 0) is 0 Å². The maximum atomic E-state index is 11.8. The van der Waals surface area contributed by atoms with E-state index in [4.69, 9.17) is 18.9 Å². The van der Waals surface area contributed by atoms with Gasteiger partial charge in [0.15, 0.2) is 11.5 Å². The molecule has 0 aliphatic rings. The lowest BCUT2D eigenvalue weighted by Crippen LogP contribution is -2.09. The molecule has 0 amide bonds. The zero-order valence-electron chi connectivity index (χ0n) is 11.3. The molecule has 106 valence electrons. The van der Waals surface area contributed by atoms with E-state index in [1.165, 1.54) is 46.0 Å². The number of hydrogen-bond acceptors (Lipinski definition) is 6. The van der Waals surface area contributed by atoms with Crippen molar-refractivity contribution < 1.29 is 23.7 Å². The Kier molecular flexibility index (Phi) is 4.09. The first kappa shape index (κ1) is 13.7. The largest absolute Gasteiger partial charge is 0.493 e. The first-order chi connectivity index (χ1) is 9.69. The average molecular weight is 278 g/mol. The third kappa shape index (κ3) is 2.66. The van der Waals surface area contributed by atoms with E-state index in [-0.39, 0.29) is 11.4 Å². The fraction of sp³-hybridized carbons (Fsp3) is 0.231. The van der Waals surface area contributed by atoms with Crippen molar-refractivity contribution in [2.75, 3.05) is 21.3 Å². The molecule has 20 heavy (non-hydrogen) atoms. The second-order valence-corrected chi connectivity index (χ2v) is 3.72. The molecule has 0 spiro atoms. The summed E-state index contributed by atoms with van der Waals surface area (Å²) < 4.78 is 20.8. The van der Waals surface area contributed by atoms with Gasteiger partial charge >= 0.3 is 5.97 Å². The Morgan fingerprint density at radius 1 is 1.10 bits per heavy atom. The first-order valence-electron chi connectivity index (χ1n) is 5.70. The molecule has 7 heteroatoms. The van der Waals surface area contributed by atoms with Crippen molar-refractivity contribution in [2.45, 2.75) is 0 Å². The molecule has 1 N–H and O–H groups in total. The van der Waals surface area contributed by atoms with Crippen LogP contribution < -0.4 is 18.9 Å². The Hall–Kier alpha value is -2.70.